The molecule has 1 N–H and O–H groups in total. The van der Waals surface area contributed by atoms with Crippen LogP contribution in [0.15, 0.2) is 29.6 Å². The minimum atomic E-state index is 0.0892. The fraction of sp³-hybridized carbons (Fsp3) is 0.474. The van der Waals surface area contributed by atoms with Crippen molar-refractivity contribution in [2.45, 2.75) is 44.6 Å². The second-order valence-electron chi connectivity index (χ2n) is 6.79. The zero-order valence-electron chi connectivity index (χ0n) is 13.8. The molecule has 126 valence electrons. The average Bonchev–Trinajstić information content (AvgIpc) is 3.34. The van der Waals surface area contributed by atoms with E-state index in [4.69, 9.17) is 4.74 Å². The summed E-state index contributed by atoms with van der Waals surface area (Å²) in [5, 5.41) is 6.37. The van der Waals surface area contributed by atoms with E-state index in [1.54, 1.807) is 11.3 Å². The molecule has 1 amide bonds. The zero-order valence-corrected chi connectivity index (χ0v) is 14.6. The number of aromatic nitrogens is 1. The van der Waals surface area contributed by atoms with Crippen LogP contribution in [0.2, 0.25) is 0 Å². The molecule has 1 aromatic carbocycles. The number of rotatable bonds is 5. The highest BCUT2D eigenvalue weighted by Gasteiger charge is 2.35. The second-order valence-corrected chi connectivity index (χ2v) is 7.68. The van der Waals surface area contributed by atoms with Crippen LogP contribution < -0.4 is 10.1 Å². The van der Waals surface area contributed by atoms with Crippen molar-refractivity contribution in [2.24, 2.45) is 5.92 Å². The Balaban J connectivity index is 1.45. The summed E-state index contributed by atoms with van der Waals surface area (Å²) in [6.07, 6.45) is 3.79. The molecule has 1 fully saturated rings. The van der Waals surface area contributed by atoms with Gasteiger partial charge >= 0.3 is 0 Å². The van der Waals surface area contributed by atoms with Gasteiger partial charge in [0.25, 0.3) is 0 Å². The first kappa shape index (κ1) is 15.6. The van der Waals surface area contributed by atoms with Crippen LogP contribution in [-0.4, -0.2) is 17.5 Å². The minimum Gasteiger partial charge on any atom is -0.493 e. The molecule has 0 saturated heterocycles. The van der Waals surface area contributed by atoms with Crippen LogP contribution in [-0.2, 0) is 4.79 Å². The number of amides is 1. The minimum absolute atomic E-state index is 0.0892. The van der Waals surface area contributed by atoms with Gasteiger partial charge in [-0.25, -0.2) is 4.98 Å². The van der Waals surface area contributed by atoms with E-state index in [2.05, 4.69) is 21.7 Å². The second kappa shape index (κ2) is 6.55. The Kier molecular flexibility index (Phi) is 4.27. The lowest BCUT2D eigenvalue weighted by Crippen LogP contribution is -2.31. The number of nitrogens with zero attached hydrogens (tertiary/aromatic N) is 1. The summed E-state index contributed by atoms with van der Waals surface area (Å²) in [6.45, 7) is 2.69. The first-order chi connectivity index (χ1) is 11.7. The van der Waals surface area contributed by atoms with Crippen LogP contribution in [0.5, 0.6) is 5.75 Å². The fourth-order valence-electron chi connectivity index (χ4n) is 3.41. The third kappa shape index (κ3) is 3.31. The average molecular weight is 342 g/mol. The number of hydrogen-bond acceptors (Lipinski definition) is 4. The Morgan fingerprint density at radius 3 is 2.96 bits per heavy atom. The highest BCUT2D eigenvalue weighted by Crippen LogP contribution is 2.42. The molecule has 24 heavy (non-hydrogen) atoms. The van der Waals surface area contributed by atoms with Crippen LogP contribution >= 0.6 is 11.3 Å². The zero-order chi connectivity index (χ0) is 16.5. The van der Waals surface area contributed by atoms with Crippen molar-refractivity contribution in [1.82, 2.24) is 10.3 Å². The SMILES string of the molecule is Cc1csc(C(NC(=O)CC2CCOc3ccccc32)C2CC2)n1. The largest absolute Gasteiger partial charge is 0.493 e. The highest BCUT2D eigenvalue weighted by molar-refractivity contribution is 7.09. The van der Waals surface area contributed by atoms with Crippen LogP contribution in [0.3, 0.4) is 0 Å². The van der Waals surface area contributed by atoms with Crippen molar-refractivity contribution in [3.05, 3.63) is 45.9 Å². The summed E-state index contributed by atoms with van der Waals surface area (Å²) in [5.41, 5.74) is 2.19. The van der Waals surface area contributed by atoms with E-state index in [0.29, 0.717) is 18.9 Å². The van der Waals surface area contributed by atoms with Gasteiger partial charge in [-0.15, -0.1) is 11.3 Å². The van der Waals surface area contributed by atoms with Gasteiger partial charge < -0.3 is 10.1 Å². The lowest BCUT2D eigenvalue weighted by atomic mass is 9.90. The Morgan fingerprint density at radius 2 is 2.21 bits per heavy atom. The molecule has 1 saturated carbocycles. The molecule has 2 heterocycles. The van der Waals surface area contributed by atoms with Crippen LogP contribution in [0, 0.1) is 12.8 Å². The van der Waals surface area contributed by atoms with Crippen LogP contribution in [0.4, 0.5) is 0 Å². The van der Waals surface area contributed by atoms with Gasteiger partial charge in [0.2, 0.25) is 5.91 Å². The maximum atomic E-state index is 12.7. The van der Waals surface area contributed by atoms with Crippen molar-refractivity contribution in [1.29, 1.82) is 0 Å². The molecule has 5 heteroatoms. The number of ether oxygens (including phenoxy) is 1. The standard InChI is InChI=1S/C19H22N2O2S/c1-12-11-24-19(20-12)18(13-6-7-13)21-17(22)10-14-8-9-23-16-5-3-2-4-15(14)16/h2-5,11,13-14,18H,6-10H2,1H3,(H,21,22). The van der Waals surface area contributed by atoms with Crippen molar-refractivity contribution >= 4 is 17.2 Å². The highest BCUT2D eigenvalue weighted by atomic mass is 32.1. The molecule has 1 aromatic heterocycles. The van der Waals surface area contributed by atoms with E-state index in [1.807, 2.05) is 25.1 Å². The van der Waals surface area contributed by atoms with Crippen molar-refractivity contribution in [3.8, 4) is 5.75 Å². The lowest BCUT2D eigenvalue weighted by molar-refractivity contribution is -0.122. The Hall–Kier alpha value is -1.88. The number of benzene rings is 1. The predicted molar refractivity (Wildman–Crippen MR) is 94.4 cm³/mol. The Labute approximate surface area is 146 Å². The van der Waals surface area contributed by atoms with E-state index >= 15 is 0 Å². The van der Waals surface area contributed by atoms with E-state index in [9.17, 15) is 4.79 Å². The van der Waals surface area contributed by atoms with Crippen LogP contribution in [0.1, 0.15) is 53.9 Å². The molecule has 0 radical (unpaired) electrons. The molecule has 2 unspecified atom stereocenters. The van der Waals surface area contributed by atoms with Crippen molar-refractivity contribution in [2.75, 3.05) is 6.61 Å². The maximum Gasteiger partial charge on any atom is 0.221 e. The smallest absolute Gasteiger partial charge is 0.221 e. The maximum absolute atomic E-state index is 12.7. The summed E-state index contributed by atoms with van der Waals surface area (Å²) in [6, 6.07) is 8.16. The molecular formula is C19H22N2O2S. The number of para-hydroxylation sites is 1. The number of carbonyl (C=O) groups is 1. The van der Waals surface area contributed by atoms with Gasteiger partial charge in [0.05, 0.1) is 12.6 Å². The van der Waals surface area contributed by atoms with Crippen LogP contribution in [0.25, 0.3) is 0 Å². The summed E-state index contributed by atoms with van der Waals surface area (Å²) < 4.78 is 5.70. The first-order valence-corrected chi connectivity index (χ1v) is 9.52. The number of fused-ring (bicyclic) bond motifs is 1. The van der Waals surface area contributed by atoms with Gasteiger partial charge in [0.1, 0.15) is 10.8 Å². The van der Waals surface area contributed by atoms with Gasteiger partial charge in [-0.3, -0.25) is 4.79 Å². The molecule has 4 rings (SSSR count). The van der Waals surface area contributed by atoms with E-state index < -0.39 is 0 Å². The monoisotopic (exact) mass is 342 g/mol. The summed E-state index contributed by atoms with van der Waals surface area (Å²) in [4.78, 5) is 17.3. The molecule has 2 aromatic rings. The molecule has 0 spiro atoms. The molecule has 1 aliphatic heterocycles. The Bertz CT molecular complexity index is 738. The third-order valence-corrected chi connectivity index (χ3v) is 5.87. The number of aryl methyl sites for hydroxylation is 1. The molecule has 0 bridgehead atoms. The van der Waals surface area contributed by atoms with Gasteiger partial charge in [0.15, 0.2) is 0 Å². The third-order valence-electron chi connectivity index (χ3n) is 4.83. The Morgan fingerprint density at radius 1 is 1.38 bits per heavy atom. The summed E-state index contributed by atoms with van der Waals surface area (Å²) in [5.74, 6) is 1.85. The first-order valence-electron chi connectivity index (χ1n) is 8.64. The van der Waals surface area contributed by atoms with Gasteiger partial charge in [-0.1, -0.05) is 18.2 Å². The van der Waals surface area contributed by atoms with Crippen molar-refractivity contribution in [3.63, 3.8) is 0 Å². The number of thiazole rings is 1. The van der Waals surface area contributed by atoms with E-state index in [-0.39, 0.29) is 17.9 Å². The molecule has 1 aliphatic carbocycles. The van der Waals surface area contributed by atoms with Gasteiger partial charge in [-0.05, 0) is 49.7 Å². The number of carbonyl (C=O) groups excluding carboxylic acids is 1. The molecule has 4 nitrogen and oxygen atoms in total. The van der Waals surface area contributed by atoms with E-state index in [0.717, 1.165) is 28.4 Å². The summed E-state index contributed by atoms with van der Waals surface area (Å²) >= 11 is 1.66. The summed E-state index contributed by atoms with van der Waals surface area (Å²) in [7, 11) is 0. The topological polar surface area (TPSA) is 51.2 Å². The molecule has 2 atom stereocenters. The molecular weight excluding hydrogens is 320 g/mol. The number of hydrogen-bond donors (Lipinski definition) is 1. The predicted octanol–water partition coefficient (Wildman–Crippen LogP) is 3.98. The van der Waals surface area contributed by atoms with Gasteiger partial charge in [0, 0.05) is 17.5 Å². The quantitative estimate of drug-likeness (QED) is 0.894. The van der Waals surface area contributed by atoms with Crippen molar-refractivity contribution < 1.29 is 9.53 Å². The number of nitrogens with one attached hydrogen (secondary N) is 1. The van der Waals surface area contributed by atoms with E-state index in [1.165, 1.54) is 12.8 Å². The van der Waals surface area contributed by atoms with Gasteiger partial charge in [-0.2, -0.15) is 0 Å². The fourth-order valence-corrected chi connectivity index (χ4v) is 4.35. The lowest BCUT2D eigenvalue weighted by Gasteiger charge is -2.26. The molecule has 2 aliphatic rings. The normalized spacial score (nSPS) is 20.8.